The van der Waals surface area contributed by atoms with E-state index < -0.39 is 24.3 Å². The molecule has 2 N–H and O–H groups in total. The average Bonchev–Trinajstić information content (AvgIpc) is 3.28. The van der Waals surface area contributed by atoms with Gasteiger partial charge in [-0.1, -0.05) is 12.1 Å². The van der Waals surface area contributed by atoms with Gasteiger partial charge in [0.25, 0.3) is 5.56 Å². The van der Waals surface area contributed by atoms with Crippen molar-refractivity contribution in [3.05, 3.63) is 88.0 Å². The van der Waals surface area contributed by atoms with Crippen LogP contribution in [0.15, 0.2) is 64.5 Å². The van der Waals surface area contributed by atoms with E-state index in [-0.39, 0.29) is 5.56 Å². The average molecular weight is 563 g/mol. The third-order valence-corrected chi connectivity index (χ3v) is 5.29. The quantitative estimate of drug-likeness (QED) is 0.460. The minimum atomic E-state index is -5.08. The van der Waals surface area contributed by atoms with Gasteiger partial charge >= 0.3 is 24.3 Å². The predicted molar refractivity (Wildman–Crippen MR) is 123 cm³/mol. The van der Waals surface area contributed by atoms with Crippen LogP contribution in [-0.2, 0) is 35.5 Å². The molecule has 0 saturated heterocycles. The summed E-state index contributed by atoms with van der Waals surface area (Å²) < 4.78 is 70.6. The Morgan fingerprint density at radius 3 is 2.03 bits per heavy atom. The molecule has 9 nitrogen and oxygen atoms in total. The van der Waals surface area contributed by atoms with Gasteiger partial charge in [-0.05, 0) is 29.7 Å². The molecule has 0 radical (unpaired) electrons. The van der Waals surface area contributed by atoms with Crippen LogP contribution in [-0.4, -0.2) is 62.0 Å². The number of hydrogen-bond acceptors (Lipinski definition) is 6. The lowest BCUT2D eigenvalue weighted by Crippen LogP contribution is -2.27. The molecule has 0 fully saturated rings. The zero-order valence-electron chi connectivity index (χ0n) is 20.1. The zero-order chi connectivity index (χ0) is 29.2. The largest absolute Gasteiger partial charge is 0.490 e. The van der Waals surface area contributed by atoms with Crippen LogP contribution in [0.2, 0.25) is 0 Å². The second-order valence-corrected chi connectivity index (χ2v) is 8.10. The Labute approximate surface area is 216 Å². The molecule has 0 saturated carbocycles. The lowest BCUT2D eigenvalue weighted by molar-refractivity contribution is -0.193. The normalized spacial score (nSPS) is 13.6. The first-order valence-electron chi connectivity index (χ1n) is 11.1. The minimum absolute atomic E-state index is 0.0610. The fourth-order valence-electron chi connectivity index (χ4n) is 3.49. The summed E-state index contributed by atoms with van der Waals surface area (Å²) in [5.74, 6) is -5.51. The highest BCUT2D eigenvalue weighted by Gasteiger charge is 2.38. The molecular weight excluding hydrogens is 540 g/mol. The number of carboxylic acids is 2. The number of alkyl halides is 6. The molecule has 4 rings (SSSR count). The number of carboxylic acid groups (broad SMARTS) is 2. The molecule has 1 aliphatic rings. The number of nitrogens with zero attached hydrogens (tertiary/aromatic N) is 3. The van der Waals surface area contributed by atoms with Crippen LogP contribution >= 0.6 is 0 Å². The molecule has 15 heteroatoms. The maximum Gasteiger partial charge on any atom is 0.490 e. The monoisotopic (exact) mass is 563 g/mol. The van der Waals surface area contributed by atoms with Crippen LogP contribution in [0.5, 0.6) is 0 Å². The maximum absolute atomic E-state index is 12.5. The summed E-state index contributed by atoms with van der Waals surface area (Å²) in [4.78, 5) is 36.8. The number of rotatable bonds is 4. The molecule has 0 aromatic carbocycles. The summed E-state index contributed by atoms with van der Waals surface area (Å²) in [6, 6.07) is 9.63. The van der Waals surface area contributed by atoms with Gasteiger partial charge in [0.05, 0.1) is 19.1 Å². The van der Waals surface area contributed by atoms with Gasteiger partial charge in [0.1, 0.15) is 0 Å². The summed E-state index contributed by atoms with van der Waals surface area (Å²) in [5.41, 5.74) is 4.74. The summed E-state index contributed by atoms with van der Waals surface area (Å²) in [7, 11) is 0. The van der Waals surface area contributed by atoms with Crippen LogP contribution in [0.1, 0.15) is 22.4 Å². The van der Waals surface area contributed by atoms with E-state index in [0.717, 1.165) is 43.7 Å². The predicted octanol–water partition coefficient (Wildman–Crippen LogP) is 3.75. The number of hydrogen-bond donors (Lipinski definition) is 2. The molecule has 3 aromatic rings. The molecule has 1 aliphatic heterocycles. The first kappa shape index (κ1) is 31.1. The molecule has 4 heterocycles. The molecule has 3 aromatic heterocycles. The molecule has 0 unspecified atom stereocenters. The van der Waals surface area contributed by atoms with Crippen LogP contribution in [0.25, 0.3) is 0 Å². The van der Waals surface area contributed by atoms with Gasteiger partial charge in [0, 0.05) is 55.8 Å². The van der Waals surface area contributed by atoms with E-state index in [1.807, 2.05) is 35.0 Å². The third kappa shape index (κ3) is 10.3. The van der Waals surface area contributed by atoms with E-state index in [1.165, 1.54) is 11.1 Å². The van der Waals surface area contributed by atoms with Crippen LogP contribution in [0.3, 0.4) is 0 Å². The number of halogens is 6. The van der Waals surface area contributed by atoms with Crippen molar-refractivity contribution in [2.45, 2.75) is 38.3 Å². The van der Waals surface area contributed by atoms with Crippen molar-refractivity contribution >= 4 is 11.9 Å². The molecule has 212 valence electrons. The van der Waals surface area contributed by atoms with Crippen molar-refractivity contribution in [3.63, 3.8) is 0 Å². The minimum Gasteiger partial charge on any atom is -0.475 e. The van der Waals surface area contributed by atoms with E-state index in [9.17, 15) is 31.1 Å². The second-order valence-electron chi connectivity index (χ2n) is 8.10. The molecule has 0 aliphatic carbocycles. The van der Waals surface area contributed by atoms with Gasteiger partial charge in [-0.2, -0.15) is 26.3 Å². The Balaban J connectivity index is 0.000000317. The number of furan rings is 1. The van der Waals surface area contributed by atoms with Gasteiger partial charge in [-0.15, -0.1) is 0 Å². The van der Waals surface area contributed by atoms with Gasteiger partial charge in [-0.3, -0.25) is 14.7 Å². The van der Waals surface area contributed by atoms with Crippen LogP contribution in [0, 0.1) is 0 Å². The fourth-order valence-corrected chi connectivity index (χ4v) is 3.49. The lowest BCUT2D eigenvalue weighted by Gasteiger charge is -2.18. The molecular formula is C24H23F6N3O6. The van der Waals surface area contributed by atoms with Gasteiger partial charge in [-0.25, -0.2) is 9.59 Å². The Morgan fingerprint density at radius 1 is 0.897 bits per heavy atom. The van der Waals surface area contributed by atoms with Crippen molar-refractivity contribution in [2.75, 3.05) is 13.1 Å². The van der Waals surface area contributed by atoms with E-state index in [4.69, 9.17) is 24.2 Å². The fraction of sp³-hybridized carbons (Fsp3) is 0.333. The Morgan fingerprint density at radius 2 is 1.51 bits per heavy atom. The first-order chi connectivity index (χ1) is 18.2. The molecule has 39 heavy (non-hydrogen) atoms. The van der Waals surface area contributed by atoms with Crippen LogP contribution in [0.4, 0.5) is 26.3 Å². The van der Waals surface area contributed by atoms with E-state index in [2.05, 4.69) is 9.88 Å². The molecule has 0 amide bonds. The highest BCUT2D eigenvalue weighted by atomic mass is 19.4. The Hall–Kier alpha value is -4.14. The topological polar surface area (TPSA) is 126 Å². The van der Waals surface area contributed by atoms with E-state index in [0.29, 0.717) is 6.54 Å². The van der Waals surface area contributed by atoms with Gasteiger partial charge in [0.2, 0.25) is 0 Å². The van der Waals surface area contributed by atoms with E-state index >= 15 is 0 Å². The summed E-state index contributed by atoms with van der Waals surface area (Å²) in [6.45, 7) is 3.40. The smallest absolute Gasteiger partial charge is 0.475 e. The van der Waals surface area contributed by atoms with Gasteiger partial charge < -0.3 is 19.2 Å². The second kappa shape index (κ2) is 13.6. The zero-order valence-corrected chi connectivity index (χ0v) is 20.1. The summed E-state index contributed by atoms with van der Waals surface area (Å²) in [5, 5.41) is 14.2. The van der Waals surface area contributed by atoms with E-state index in [1.54, 1.807) is 24.8 Å². The lowest BCUT2D eigenvalue weighted by atomic mass is 10.1. The number of fused-ring (bicyclic) bond motifs is 1. The Bertz CT molecular complexity index is 1250. The van der Waals surface area contributed by atoms with Crippen molar-refractivity contribution in [3.8, 4) is 0 Å². The van der Waals surface area contributed by atoms with Gasteiger partial charge in [0.15, 0.2) is 0 Å². The van der Waals surface area contributed by atoms with Crippen molar-refractivity contribution in [1.82, 2.24) is 14.5 Å². The Kier molecular flexibility index (Phi) is 10.8. The van der Waals surface area contributed by atoms with Crippen LogP contribution < -0.4 is 5.56 Å². The number of aliphatic carboxylic acids is 2. The standard InChI is InChI=1S/C20H21N3O2.2C2HF3O2/c24-20-4-3-18-5-9-22(13-17-7-11-25-15-17)10-6-19(18)23(20)14-16-2-1-8-21-12-16;2*3-2(4,5)1(6)7/h1-4,7-8,11-12,15H,5-6,9-10,13-14H2;2*(H,6,7). The van der Waals surface area contributed by atoms with Crippen molar-refractivity contribution in [1.29, 1.82) is 0 Å². The highest BCUT2D eigenvalue weighted by Crippen LogP contribution is 2.18. The van der Waals surface area contributed by atoms with Crippen molar-refractivity contribution < 1.29 is 50.6 Å². The summed E-state index contributed by atoms with van der Waals surface area (Å²) >= 11 is 0. The SMILES string of the molecule is O=C(O)C(F)(F)F.O=C(O)C(F)(F)F.O=c1ccc2c(n1Cc1cccnc1)CCN(Cc1ccoc1)CC2. The molecule has 0 bridgehead atoms. The first-order valence-corrected chi connectivity index (χ1v) is 11.1. The molecule has 0 spiro atoms. The number of carbonyl (C=O) groups is 2. The van der Waals surface area contributed by atoms with Crippen molar-refractivity contribution in [2.24, 2.45) is 0 Å². The summed E-state index contributed by atoms with van der Waals surface area (Å²) in [6.07, 6.45) is -1.23. The number of aromatic nitrogens is 2. The highest BCUT2D eigenvalue weighted by molar-refractivity contribution is 5.73. The molecule has 0 atom stereocenters. The number of pyridine rings is 2. The maximum atomic E-state index is 12.5. The third-order valence-electron chi connectivity index (χ3n) is 5.29.